The van der Waals surface area contributed by atoms with Gasteiger partial charge in [-0.3, -0.25) is 9.59 Å². The van der Waals surface area contributed by atoms with Crippen LogP contribution in [0, 0.1) is 0 Å². The number of carbonyl (C=O) groups excluding carboxylic acids is 1. The minimum absolute atomic E-state index is 0.0169. The topological polar surface area (TPSA) is 122 Å². The number of benzene rings is 1. The van der Waals surface area contributed by atoms with Crippen LogP contribution in [-0.2, 0) is 10.0 Å². The molecule has 0 atom stereocenters. The van der Waals surface area contributed by atoms with Crippen molar-refractivity contribution in [2.24, 2.45) is 5.14 Å². The number of para-hydroxylation sites is 1. The van der Waals surface area contributed by atoms with Crippen molar-refractivity contribution < 1.29 is 13.2 Å². The SMILES string of the molecule is NS(=O)(=O)c1ccccc1NC(=O)c1ccc[nH]c1=O. The third-order valence-electron chi connectivity index (χ3n) is 2.50. The van der Waals surface area contributed by atoms with Gasteiger partial charge in [0.1, 0.15) is 10.5 Å². The second kappa shape index (κ2) is 5.27. The van der Waals surface area contributed by atoms with Crippen molar-refractivity contribution in [1.29, 1.82) is 0 Å². The number of carbonyl (C=O) groups is 1. The minimum Gasteiger partial charge on any atom is -0.328 e. The standard InChI is InChI=1S/C12H11N3O4S/c13-20(18,19)10-6-2-1-5-9(10)15-12(17)8-4-3-7-14-11(8)16/h1-7H,(H,14,16)(H,15,17)(H2,13,18,19). The Labute approximate surface area is 114 Å². The van der Waals surface area contributed by atoms with Gasteiger partial charge in [-0.2, -0.15) is 0 Å². The number of nitrogens with two attached hydrogens (primary N) is 1. The van der Waals surface area contributed by atoms with Gasteiger partial charge >= 0.3 is 0 Å². The number of amides is 1. The van der Waals surface area contributed by atoms with Crippen LogP contribution >= 0.6 is 0 Å². The van der Waals surface area contributed by atoms with Gasteiger partial charge in [-0.1, -0.05) is 12.1 Å². The Kier molecular flexibility index (Phi) is 3.68. The highest BCUT2D eigenvalue weighted by atomic mass is 32.2. The third-order valence-corrected chi connectivity index (χ3v) is 3.47. The summed E-state index contributed by atoms with van der Waals surface area (Å²) in [6.07, 6.45) is 1.39. The van der Waals surface area contributed by atoms with E-state index in [1.807, 2.05) is 0 Å². The van der Waals surface area contributed by atoms with Crippen LogP contribution in [0.2, 0.25) is 0 Å². The van der Waals surface area contributed by atoms with Crippen molar-refractivity contribution in [3.05, 3.63) is 58.5 Å². The zero-order valence-corrected chi connectivity index (χ0v) is 11.0. The summed E-state index contributed by atoms with van der Waals surface area (Å²) >= 11 is 0. The second-order valence-electron chi connectivity index (χ2n) is 3.91. The first-order valence-corrected chi connectivity index (χ1v) is 7.05. The molecular formula is C12H11N3O4S. The van der Waals surface area contributed by atoms with Crippen LogP contribution in [-0.4, -0.2) is 19.3 Å². The molecule has 0 aliphatic rings. The van der Waals surface area contributed by atoms with Gasteiger partial charge in [-0.25, -0.2) is 13.6 Å². The molecule has 7 nitrogen and oxygen atoms in total. The quantitative estimate of drug-likeness (QED) is 0.752. The van der Waals surface area contributed by atoms with E-state index in [0.717, 1.165) is 0 Å². The number of sulfonamides is 1. The summed E-state index contributed by atoms with van der Waals surface area (Å²) in [5, 5.41) is 7.41. The molecule has 1 amide bonds. The zero-order valence-electron chi connectivity index (χ0n) is 10.2. The van der Waals surface area contributed by atoms with Crippen molar-refractivity contribution >= 4 is 21.6 Å². The summed E-state index contributed by atoms with van der Waals surface area (Å²) in [4.78, 5) is 25.6. The lowest BCUT2D eigenvalue weighted by molar-refractivity contribution is 0.102. The molecule has 2 aromatic rings. The molecule has 0 aliphatic carbocycles. The van der Waals surface area contributed by atoms with Gasteiger partial charge < -0.3 is 10.3 Å². The molecule has 104 valence electrons. The van der Waals surface area contributed by atoms with Crippen molar-refractivity contribution in [3.8, 4) is 0 Å². The first-order chi connectivity index (χ1) is 9.39. The number of hydrogen-bond acceptors (Lipinski definition) is 4. The predicted octanol–water partition coefficient (Wildman–Crippen LogP) is 0.275. The number of anilines is 1. The van der Waals surface area contributed by atoms with Crippen LogP contribution in [0.15, 0.2) is 52.3 Å². The molecule has 20 heavy (non-hydrogen) atoms. The Hall–Kier alpha value is -2.45. The molecule has 0 spiro atoms. The number of primary sulfonamides is 1. The average Bonchev–Trinajstić information content (AvgIpc) is 2.38. The number of aromatic amines is 1. The van der Waals surface area contributed by atoms with Crippen molar-refractivity contribution in [1.82, 2.24) is 4.98 Å². The van der Waals surface area contributed by atoms with Gasteiger partial charge in [0, 0.05) is 6.20 Å². The van der Waals surface area contributed by atoms with E-state index in [2.05, 4.69) is 10.3 Å². The highest BCUT2D eigenvalue weighted by Gasteiger charge is 2.16. The number of H-pyrrole nitrogens is 1. The van der Waals surface area contributed by atoms with E-state index in [1.54, 1.807) is 6.07 Å². The number of pyridine rings is 1. The molecule has 1 aromatic heterocycles. The summed E-state index contributed by atoms with van der Waals surface area (Å²) in [5.41, 5.74) is -0.682. The van der Waals surface area contributed by atoms with Gasteiger partial charge in [0.2, 0.25) is 10.0 Å². The predicted molar refractivity (Wildman–Crippen MR) is 72.8 cm³/mol. The van der Waals surface area contributed by atoms with Crippen LogP contribution in [0.4, 0.5) is 5.69 Å². The van der Waals surface area contributed by atoms with Gasteiger partial charge in [0.15, 0.2) is 0 Å². The molecule has 0 bridgehead atoms. The van der Waals surface area contributed by atoms with E-state index in [4.69, 9.17) is 5.14 Å². The largest absolute Gasteiger partial charge is 0.328 e. The summed E-state index contributed by atoms with van der Waals surface area (Å²) in [5.74, 6) is -0.719. The van der Waals surface area contributed by atoms with E-state index in [9.17, 15) is 18.0 Å². The van der Waals surface area contributed by atoms with Gasteiger partial charge in [0.05, 0.1) is 5.69 Å². The van der Waals surface area contributed by atoms with Crippen LogP contribution in [0.3, 0.4) is 0 Å². The molecule has 0 radical (unpaired) electrons. The molecule has 8 heteroatoms. The molecule has 2 rings (SSSR count). The summed E-state index contributed by atoms with van der Waals surface area (Å²) in [6.45, 7) is 0. The molecule has 1 heterocycles. The highest BCUT2D eigenvalue weighted by molar-refractivity contribution is 7.89. The first kappa shape index (κ1) is 14.0. The molecule has 0 unspecified atom stereocenters. The molecular weight excluding hydrogens is 282 g/mol. The van der Waals surface area contributed by atoms with E-state index in [-0.39, 0.29) is 16.1 Å². The lowest BCUT2D eigenvalue weighted by Gasteiger charge is -2.08. The van der Waals surface area contributed by atoms with Gasteiger partial charge in [-0.05, 0) is 24.3 Å². The number of hydrogen-bond donors (Lipinski definition) is 3. The Morgan fingerprint density at radius 1 is 1.15 bits per heavy atom. The second-order valence-corrected chi connectivity index (χ2v) is 5.44. The Balaban J connectivity index is 2.39. The number of nitrogens with one attached hydrogen (secondary N) is 2. The third kappa shape index (κ3) is 2.92. The van der Waals surface area contributed by atoms with Crippen molar-refractivity contribution in [3.63, 3.8) is 0 Å². The molecule has 0 saturated heterocycles. The molecule has 1 aromatic carbocycles. The monoisotopic (exact) mass is 293 g/mol. The van der Waals surface area contributed by atoms with Crippen molar-refractivity contribution in [2.75, 3.05) is 5.32 Å². The van der Waals surface area contributed by atoms with E-state index in [1.165, 1.54) is 36.5 Å². The van der Waals surface area contributed by atoms with E-state index < -0.39 is 21.5 Å². The zero-order chi connectivity index (χ0) is 14.8. The van der Waals surface area contributed by atoms with Crippen molar-refractivity contribution in [2.45, 2.75) is 4.90 Å². The van der Waals surface area contributed by atoms with Crippen LogP contribution in [0.5, 0.6) is 0 Å². The first-order valence-electron chi connectivity index (χ1n) is 5.50. The summed E-state index contributed by atoms with van der Waals surface area (Å²) in [7, 11) is -3.97. The van der Waals surface area contributed by atoms with Crippen LogP contribution < -0.4 is 16.0 Å². The average molecular weight is 293 g/mol. The molecule has 4 N–H and O–H groups in total. The maximum Gasteiger partial charge on any atom is 0.261 e. The molecule has 0 aliphatic heterocycles. The van der Waals surface area contributed by atoms with E-state index in [0.29, 0.717) is 0 Å². The normalized spacial score (nSPS) is 11.1. The Bertz CT molecular complexity index is 811. The van der Waals surface area contributed by atoms with Gasteiger partial charge in [-0.15, -0.1) is 0 Å². The Morgan fingerprint density at radius 2 is 1.85 bits per heavy atom. The van der Waals surface area contributed by atoms with Crippen LogP contribution in [0.25, 0.3) is 0 Å². The summed E-state index contributed by atoms with van der Waals surface area (Å²) in [6, 6.07) is 8.48. The Morgan fingerprint density at radius 3 is 2.50 bits per heavy atom. The number of rotatable bonds is 3. The smallest absolute Gasteiger partial charge is 0.261 e. The number of aromatic nitrogens is 1. The highest BCUT2D eigenvalue weighted by Crippen LogP contribution is 2.19. The fourth-order valence-electron chi connectivity index (χ4n) is 1.61. The minimum atomic E-state index is -3.97. The van der Waals surface area contributed by atoms with E-state index >= 15 is 0 Å². The maximum absolute atomic E-state index is 11.9. The lowest BCUT2D eigenvalue weighted by Crippen LogP contribution is -2.24. The maximum atomic E-state index is 11.9. The summed E-state index contributed by atoms with van der Waals surface area (Å²) < 4.78 is 22.8. The molecule has 0 saturated carbocycles. The van der Waals surface area contributed by atoms with Gasteiger partial charge in [0.25, 0.3) is 11.5 Å². The lowest BCUT2D eigenvalue weighted by atomic mass is 10.2. The van der Waals surface area contributed by atoms with Crippen LogP contribution in [0.1, 0.15) is 10.4 Å². The molecule has 0 fully saturated rings. The fourth-order valence-corrected chi connectivity index (χ4v) is 2.30. The fraction of sp³-hybridized carbons (Fsp3) is 0.